The lowest BCUT2D eigenvalue weighted by atomic mass is 10.1. The lowest BCUT2D eigenvalue weighted by Gasteiger charge is -2.12. The number of methoxy groups -OCH3 is 2. The van der Waals surface area contributed by atoms with Crippen LogP contribution in [0.4, 0.5) is 5.69 Å². The second kappa shape index (κ2) is 9.86. The van der Waals surface area contributed by atoms with Crippen LogP contribution in [0.5, 0.6) is 17.2 Å². The van der Waals surface area contributed by atoms with Crippen LogP contribution in [0.25, 0.3) is 10.9 Å². The second-order valence-electron chi connectivity index (χ2n) is 6.95. The molecule has 2 aromatic carbocycles. The average Bonchev–Trinajstić information content (AvgIpc) is 2.78. The van der Waals surface area contributed by atoms with Gasteiger partial charge in [-0.3, -0.25) is 9.59 Å². The van der Waals surface area contributed by atoms with Crippen molar-refractivity contribution in [3.63, 3.8) is 0 Å². The van der Waals surface area contributed by atoms with E-state index in [-0.39, 0.29) is 10.9 Å². The van der Waals surface area contributed by atoms with Crippen molar-refractivity contribution in [1.29, 1.82) is 0 Å². The monoisotopic (exact) mass is 440 g/mol. The van der Waals surface area contributed by atoms with E-state index < -0.39 is 28.7 Å². The largest absolute Gasteiger partial charge is 0.506 e. The van der Waals surface area contributed by atoms with Crippen molar-refractivity contribution in [2.45, 2.75) is 19.8 Å². The number of aromatic nitrogens is 1. The Bertz CT molecular complexity index is 1200. The van der Waals surface area contributed by atoms with E-state index >= 15 is 0 Å². The quantitative estimate of drug-likeness (QED) is 0.362. The minimum absolute atomic E-state index is 0.220. The average molecular weight is 440 g/mol. The highest BCUT2D eigenvalue weighted by atomic mass is 16.5. The van der Waals surface area contributed by atoms with Crippen LogP contribution in [0, 0.1) is 0 Å². The van der Waals surface area contributed by atoms with Crippen molar-refractivity contribution in [3.8, 4) is 17.2 Å². The number of aromatic amines is 1. The maximum absolute atomic E-state index is 12.7. The number of carbonyl (C=O) groups is 2. The zero-order chi connectivity index (χ0) is 23.3. The molecule has 0 saturated heterocycles. The van der Waals surface area contributed by atoms with E-state index in [1.807, 2.05) is 6.92 Å². The molecule has 1 aromatic heterocycles. The van der Waals surface area contributed by atoms with Crippen LogP contribution in [0.2, 0.25) is 0 Å². The van der Waals surface area contributed by atoms with Gasteiger partial charge in [0.2, 0.25) is 0 Å². The number of anilines is 1. The Morgan fingerprint density at radius 1 is 1.06 bits per heavy atom. The molecule has 3 rings (SSSR count). The molecule has 168 valence electrons. The summed E-state index contributed by atoms with van der Waals surface area (Å²) < 4.78 is 15.6. The number of amides is 1. The summed E-state index contributed by atoms with van der Waals surface area (Å²) in [6.45, 7) is 2.34. The SMILES string of the molecule is CCCCOC(=O)c1ccc(NC(=O)c2c(O)c3cc(OC)c(OC)cc3[nH]c2=O)cc1. The van der Waals surface area contributed by atoms with Gasteiger partial charge in [-0.2, -0.15) is 0 Å². The molecule has 0 saturated carbocycles. The first-order valence-corrected chi connectivity index (χ1v) is 9.99. The number of hydrogen-bond donors (Lipinski definition) is 3. The summed E-state index contributed by atoms with van der Waals surface area (Å²) in [7, 11) is 2.88. The highest BCUT2D eigenvalue weighted by molar-refractivity contribution is 6.09. The predicted octanol–water partition coefficient (Wildman–Crippen LogP) is 3.46. The molecule has 3 aromatic rings. The molecular weight excluding hydrogens is 416 g/mol. The number of esters is 1. The third-order valence-electron chi connectivity index (χ3n) is 4.83. The van der Waals surface area contributed by atoms with Gasteiger partial charge in [-0.05, 0) is 36.8 Å². The molecule has 0 aliphatic carbocycles. The van der Waals surface area contributed by atoms with Gasteiger partial charge < -0.3 is 29.6 Å². The smallest absolute Gasteiger partial charge is 0.338 e. The summed E-state index contributed by atoms with van der Waals surface area (Å²) in [5.74, 6) is -1.06. The number of unbranched alkanes of at least 4 members (excludes halogenated alkanes) is 1. The maximum Gasteiger partial charge on any atom is 0.338 e. The molecule has 0 aliphatic heterocycles. The zero-order valence-corrected chi connectivity index (χ0v) is 18.0. The molecule has 9 heteroatoms. The Morgan fingerprint density at radius 3 is 2.34 bits per heavy atom. The van der Waals surface area contributed by atoms with E-state index in [0.717, 1.165) is 12.8 Å². The molecule has 0 fully saturated rings. The molecule has 9 nitrogen and oxygen atoms in total. The molecule has 0 bridgehead atoms. The van der Waals surface area contributed by atoms with Gasteiger partial charge in [0, 0.05) is 17.1 Å². The Hall–Kier alpha value is -4.01. The molecule has 0 unspecified atom stereocenters. The van der Waals surface area contributed by atoms with Gasteiger partial charge in [0.25, 0.3) is 11.5 Å². The third kappa shape index (κ3) is 4.66. The highest BCUT2D eigenvalue weighted by Crippen LogP contribution is 2.35. The molecule has 1 amide bonds. The van der Waals surface area contributed by atoms with E-state index in [1.165, 1.54) is 50.6 Å². The van der Waals surface area contributed by atoms with Crippen molar-refractivity contribution in [1.82, 2.24) is 4.98 Å². The number of carbonyl (C=O) groups excluding carboxylic acids is 2. The van der Waals surface area contributed by atoms with E-state index in [0.29, 0.717) is 29.4 Å². The maximum atomic E-state index is 12.7. The normalized spacial score (nSPS) is 10.6. The van der Waals surface area contributed by atoms with Gasteiger partial charge in [-0.25, -0.2) is 4.79 Å². The number of hydrogen-bond acceptors (Lipinski definition) is 7. The number of H-pyrrole nitrogens is 1. The minimum Gasteiger partial charge on any atom is -0.506 e. The first-order chi connectivity index (χ1) is 15.4. The zero-order valence-electron chi connectivity index (χ0n) is 18.0. The van der Waals surface area contributed by atoms with Gasteiger partial charge in [0.1, 0.15) is 11.3 Å². The van der Waals surface area contributed by atoms with Crippen LogP contribution in [-0.4, -0.2) is 42.8 Å². The Kier molecular flexibility index (Phi) is 6.99. The van der Waals surface area contributed by atoms with Gasteiger partial charge in [0.15, 0.2) is 11.5 Å². The molecule has 0 spiro atoms. The number of rotatable bonds is 8. The number of fused-ring (bicyclic) bond motifs is 1. The van der Waals surface area contributed by atoms with Gasteiger partial charge in [0.05, 0.1) is 31.9 Å². The predicted molar refractivity (Wildman–Crippen MR) is 119 cm³/mol. The topological polar surface area (TPSA) is 127 Å². The van der Waals surface area contributed by atoms with E-state index in [2.05, 4.69) is 10.3 Å². The van der Waals surface area contributed by atoms with Crippen molar-refractivity contribution in [3.05, 3.63) is 57.9 Å². The highest BCUT2D eigenvalue weighted by Gasteiger charge is 2.21. The standard InChI is InChI=1S/C23H24N2O7/c1-4-5-10-32-23(29)13-6-8-14(9-7-13)24-21(27)19-20(26)15-11-17(30-2)18(31-3)12-16(15)25-22(19)28/h6-9,11-12H,4-5,10H2,1-3H3,(H,24,27)(H2,25,26,28). The molecule has 1 heterocycles. The van der Waals surface area contributed by atoms with E-state index in [9.17, 15) is 19.5 Å². The summed E-state index contributed by atoms with van der Waals surface area (Å²) >= 11 is 0. The first-order valence-electron chi connectivity index (χ1n) is 9.99. The van der Waals surface area contributed by atoms with Gasteiger partial charge in [-0.1, -0.05) is 13.3 Å². The Labute approximate surface area is 183 Å². The van der Waals surface area contributed by atoms with Crippen LogP contribution in [0.15, 0.2) is 41.2 Å². The van der Waals surface area contributed by atoms with Crippen molar-refractivity contribution >= 4 is 28.5 Å². The summed E-state index contributed by atoms with van der Waals surface area (Å²) in [4.78, 5) is 39.8. The summed E-state index contributed by atoms with van der Waals surface area (Å²) in [5, 5.41) is 13.4. The van der Waals surface area contributed by atoms with Gasteiger partial charge in [-0.15, -0.1) is 0 Å². The second-order valence-corrected chi connectivity index (χ2v) is 6.95. The molecule has 32 heavy (non-hydrogen) atoms. The Morgan fingerprint density at radius 2 is 1.72 bits per heavy atom. The van der Waals surface area contributed by atoms with Crippen LogP contribution < -0.4 is 20.3 Å². The van der Waals surface area contributed by atoms with Crippen LogP contribution in [0.1, 0.15) is 40.5 Å². The lowest BCUT2D eigenvalue weighted by molar-refractivity contribution is 0.0499. The number of benzene rings is 2. The van der Waals surface area contributed by atoms with Crippen LogP contribution >= 0.6 is 0 Å². The fourth-order valence-electron chi connectivity index (χ4n) is 3.09. The summed E-state index contributed by atoms with van der Waals surface area (Å²) in [6, 6.07) is 8.99. The molecule has 0 aliphatic rings. The molecule has 0 radical (unpaired) electrons. The molecule has 0 atom stereocenters. The number of pyridine rings is 1. The number of ether oxygens (including phenoxy) is 3. The minimum atomic E-state index is -0.807. The lowest BCUT2D eigenvalue weighted by Crippen LogP contribution is -2.23. The van der Waals surface area contributed by atoms with Crippen molar-refractivity contribution in [2.24, 2.45) is 0 Å². The first kappa shape index (κ1) is 22.7. The fraction of sp³-hybridized carbons (Fsp3) is 0.261. The summed E-state index contributed by atoms with van der Waals surface area (Å²) in [5.41, 5.74) is -0.255. The third-order valence-corrected chi connectivity index (χ3v) is 4.83. The van der Waals surface area contributed by atoms with Gasteiger partial charge >= 0.3 is 5.97 Å². The van der Waals surface area contributed by atoms with Crippen LogP contribution in [-0.2, 0) is 4.74 Å². The number of aromatic hydroxyl groups is 1. The molecular formula is C23H24N2O7. The van der Waals surface area contributed by atoms with Crippen molar-refractivity contribution < 1.29 is 28.9 Å². The van der Waals surface area contributed by atoms with E-state index in [4.69, 9.17) is 14.2 Å². The Balaban J connectivity index is 1.85. The van der Waals surface area contributed by atoms with Crippen LogP contribution in [0.3, 0.4) is 0 Å². The number of nitrogens with one attached hydrogen (secondary N) is 2. The van der Waals surface area contributed by atoms with E-state index in [1.54, 1.807) is 0 Å². The fourth-order valence-corrected chi connectivity index (χ4v) is 3.09. The van der Waals surface area contributed by atoms with Crippen molar-refractivity contribution in [2.75, 3.05) is 26.1 Å². The summed E-state index contributed by atoms with van der Waals surface area (Å²) in [6.07, 6.45) is 1.70. The molecule has 3 N–H and O–H groups in total.